The molecule has 0 aliphatic heterocycles. The number of nitrogens with two attached hydrogens (primary N) is 1. The largest absolute Gasteiger partial charge is 0.475 e. The zero-order valence-corrected chi connectivity index (χ0v) is 12.0. The molecule has 2 aromatic rings. The molecule has 0 saturated heterocycles. The quantitative estimate of drug-likeness (QED) is 0.751. The molecule has 0 bridgehead atoms. The summed E-state index contributed by atoms with van der Waals surface area (Å²) in [5, 5.41) is 12.8. The van der Waals surface area contributed by atoms with Gasteiger partial charge in [0.1, 0.15) is 5.58 Å². The van der Waals surface area contributed by atoms with Gasteiger partial charge in [0.15, 0.2) is 0 Å². The lowest BCUT2D eigenvalue weighted by molar-refractivity contribution is -0.125. The Hall–Kier alpha value is -2.34. The normalized spacial score (nSPS) is 11.7. The minimum atomic E-state index is -1.09. The van der Waals surface area contributed by atoms with E-state index >= 15 is 0 Å². The number of carbonyl (C=O) groups is 2. The van der Waals surface area contributed by atoms with E-state index in [4.69, 9.17) is 15.3 Å². The molecule has 1 aromatic heterocycles. The summed E-state index contributed by atoms with van der Waals surface area (Å²) in [6.07, 6.45) is 0. The highest BCUT2D eigenvalue weighted by Gasteiger charge is 2.24. The first-order valence-electron chi connectivity index (χ1n) is 6.56. The number of carboxylic acid groups (broad SMARTS) is 1. The van der Waals surface area contributed by atoms with Crippen molar-refractivity contribution in [1.82, 2.24) is 5.32 Å². The summed E-state index contributed by atoms with van der Waals surface area (Å²) in [6.45, 7) is 4.58. The Balaban J connectivity index is 2.06. The van der Waals surface area contributed by atoms with Crippen LogP contribution in [0.15, 0.2) is 28.7 Å². The smallest absolute Gasteiger partial charge is 0.371 e. The first-order valence-corrected chi connectivity index (χ1v) is 6.56. The van der Waals surface area contributed by atoms with Gasteiger partial charge in [0, 0.05) is 18.5 Å². The van der Waals surface area contributed by atoms with Gasteiger partial charge in [-0.1, -0.05) is 6.07 Å². The van der Waals surface area contributed by atoms with Gasteiger partial charge in [0.25, 0.3) is 0 Å². The second-order valence-electron chi connectivity index (χ2n) is 5.64. The van der Waals surface area contributed by atoms with Gasteiger partial charge in [0.05, 0.1) is 5.41 Å². The molecule has 4 N–H and O–H groups in total. The number of fused-ring (bicyclic) bond motifs is 1. The third-order valence-corrected chi connectivity index (χ3v) is 3.35. The van der Waals surface area contributed by atoms with Crippen molar-refractivity contribution in [3.8, 4) is 0 Å². The number of furan rings is 1. The van der Waals surface area contributed by atoms with Crippen LogP contribution in [0.25, 0.3) is 11.0 Å². The molecule has 112 valence electrons. The maximum atomic E-state index is 11.2. The molecule has 0 fully saturated rings. The van der Waals surface area contributed by atoms with Gasteiger partial charge in [-0.15, -0.1) is 0 Å². The molecular formula is C15H18N2O4. The summed E-state index contributed by atoms with van der Waals surface area (Å²) in [4.78, 5) is 22.1. The molecule has 6 heteroatoms. The molecule has 0 atom stereocenters. The molecular weight excluding hydrogens is 272 g/mol. The van der Waals surface area contributed by atoms with Crippen LogP contribution in [0.1, 0.15) is 30.0 Å². The van der Waals surface area contributed by atoms with Gasteiger partial charge < -0.3 is 20.6 Å². The summed E-state index contributed by atoms with van der Waals surface area (Å²) in [5.74, 6) is -1.52. The van der Waals surface area contributed by atoms with Crippen molar-refractivity contribution < 1.29 is 19.1 Å². The lowest BCUT2D eigenvalue weighted by Crippen LogP contribution is -2.40. The van der Waals surface area contributed by atoms with Crippen LogP contribution in [0.3, 0.4) is 0 Å². The minimum Gasteiger partial charge on any atom is -0.475 e. The average Bonchev–Trinajstić information content (AvgIpc) is 2.81. The summed E-state index contributed by atoms with van der Waals surface area (Å²) >= 11 is 0. The van der Waals surface area contributed by atoms with Crippen molar-refractivity contribution in [3.63, 3.8) is 0 Å². The summed E-state index contributed by atoms with van der Waals surface area (Å²) in [5.41, 5.74) is 6.20. The first-order chi connectivity index (χ1) is 9.79. The number of rotatable bonds is 6. The van der Waals surface area contributed by atoms with Gasteiger partial charge in [-0.05, 0) is 37.6 Å². The van der Waals surface area contributed by atoms with Crippen molar-refractivity contribution in [2.75, 3.05) is 6.54 Å². The number of aromatic carboxylic acids is 1. The summed E-state index contributed by atoms with van der Waals surface area (Å²) in [6, 6.07) is 6.93. The predicted molar refractivity (Wildman–Crippen MR) is 77.9 cm³/mol. The number of primary amides is 1. The lowest BCUT2D eigenvalue weighted by atomic mass is 9.93. The van der Waals surface area contributed by atoms with E-state index in [1.807, 2.05) is 12.1 Å². The highest BCUT2D eigenvalue weighted by Crippen LogP contribution is 2.21. The van der Waals surface area contributed by atoms with Crippen LogP contribution in [0, 0.1) is 5.41 Å². The van der Waals surface area contributed by atoms with Gasteiger partial charge in [0.2, 0.25) is 11.7 Å². The average molecular weight is 290 g/mol. The van der Waals surface area contributed by atoms with Crippen molar-refractivity contribution in [1.29, 1.82) is 0 Å². The fourth-order valence-corrected chi connectivity index (χ4v) is 1.91. The summed E-state index contributed by atoms with van der Waals surface area (Å²) < 4.78 is 5.19. The predicted octanol–water partition coefficient (Wildman–Crippen LogP) is 1.73. The van der Waals surface area contributed by atoms with Gasteiger partial charge in [-0.3, -0.25) is 4.79 Å². The Morgan fingerprint density at radius 1 is 1.33 bits per heavy atom. The van der Waals surface area contributed by atoms with E-state index < -0.39 is 11.4 Å². The second-order valence-corrected chi connectivity index (χ2v) is 5.64. The molecule has 1 aromatic carbocycles. The number of nitrogens with one attached hydrogen (secondary N) is 1. The van der Waals surface area contributed by atoms with Gasteiger partial charge in [-0.25, -0.2) is 4.79 Å². The van der Waals surface area contributed by atoms with Crippen molar-refractivity contribution >= 4 is 22.8 Å². The van der Waals surface area contributed by atoms with Crippen molar-refractivity contribution in [3.05, 3.63) is 35.6 Å². The van der Waals surface area contributed by atoms with Crippen LogP contribution in [-0.2, 0) is 11.3 Å². The Morgan fingerprint density at radius 3 is 2.67 bits per heavy atom. The first kappa shape index (κ1) is 15.1. The molecule has 1 amide bonds. The summed E-state index contributed by atoms with van der Waals surface area (Å²) in [7, 11) is 0. The van der Waals surface area contributed by atoms with Crippen molar-refractivity contribution in [2.24, 2.45) is 11.1 Å². The van der Waals surface area contributed by atoms with E-state index in [9.17, 15) is 9.59 Å². The monoisotopic (exact) mass is 290 g/mol. The highest BCUT2D eigenvalue weighted by molar-refractivity contribution is 5.91. The Labute approximate surface area is 121 Å². The number of amides is 1. The highest BCUT2D eigenvalue weighted by atomic mass is 16.4. The lowest BCUT2D eigenvalue weighted by Gasteiger charge is -2.20. The zero-order valence-electron chi connectivity index (χ0n) is 12.0. The van der Waals surface area contributed by atoms with E-state index in [2.05, 4.69) is 5.32 Å². The minimum absolute atomic E-state index is 0.0787. The molecule has 2 rings (SSSR count). The SMILES string of the molecule is CC(C)(CNCc1ccc2oc(C(=O)O)cc2c1)C(N)=O. The standard InChI is InChI=1S/C15H18N2O4/c1-15(2,14(16)20)8-17-7-9-3-4-11-10(5-9)6-12(21-11)13(18)19/h3-6,17H,7-8H2,1-2H3,(H2,16,20)(H,18,19). The van der Waals surface area contributed by atoms with Crippen LogP contribution >= 0.6 is 0 Å². The van der Waals surface area contributed by atoms with Crippen LogP contribution in [-0.4, -0.2) is 23.5 Å². The number of carboxylic acids is 1. The Bertz CT molecular complexity index is 688. The fourth-order valence-electron chi connectivity index (χ4n) is 1.91. The van der Waals surface area contributed by atoms with Crippen molar-refractivity contribution in [2.45, 2.75) is 20.4 Å². The molecule has 0 unspecified atom stereocenters. The van der Waals surface area contributed by atoms with Gasteiger partial charge >= 0.3 is 5.97 Å². The van der Waals surface area contributed by atoms with Crippen LogP contribution < -0.4 is 11.1 Å². The van der Waals surface area contributed by atoms with Gasteiger partial charge in [-0.2, -0.15) is 0 Å². The fraction of sp³-hybridized carbons (Fsp3) is 0.333. The maximum absolute atomic E-state index is 11.2. The van der Waals surface area contributed by atoms with E-state index in [0.717, 1.165) is 10.9 Å². The Kier molecular flexibility index (Phi) is 3.99. The molecule has 0 spiro atoms. The third-order valence-electron chi connectivity index (χ3n) is 3.35. The zero-order chi connectivity index (χ0) is 15.6. The molecule has 21 heavy (non-hydrogen) atoms. The molecule has 0 saturated carbocycles. The molecule has 0 radical (unpaired) electrons. The second kappa shape index (κ2) is 5.57. The van der Waals surface area contributed by atoms with Crippen LogP contribution in [0.2, 0.25) is 0 Å². The van der Waals surface area contributed by atoms with E-state index in [0.29, 0.717) is 18.7 Å². The third kappa shape index (κ3) is 3.41. The number of hydrogen-bond donors (Lipinski definition) is 3. The molecule has 0 aliphatic carbocycles. The van der Waals surface area contributed by atoms with E-state index in [1.54, 1.807) is 19.9 Å². The molecule has 1 heterocycles. The maximum Gasteiger partial charge on any atom is 0.371 e. The van der Waals surface area contributed by atoms with Crippen LogP contribution in [0.5, 0.6) is 0 Å². The molecule has 6 nitrogen and oxygen atoms in total. The topological polar surface area (TPSA) is 106 Å². The number of benzene rings is 1. The number of carbonyl (C=O) groups excluding carboxylic acids is 1. The van der Waals surface area contributed by atoms with E-state index in [-0.39, 0.29) is 11.7 Å². The van der Waals surface area contributed by atoms with E-state index in [1.165, 1.54) is 6.07 Å². The Morgan fingerprint density at radius 2 is 2.05 bits per heavy atom. The number of hydrogen-bond acceptors (Lipinski definition) is 4. The van der Waals surface area contributed by atoms with Crippen LogP contribution in [0.4, 0.5) is 0 Å². The molecule has 0 aliphatic rings.